The molecule has 86 valence electrons. The van der Waals surface area contributed by atoms with E-state index in [4.69, 9.17) is 4.74 Å². The summed E-state index contributed by atoms with van der Waals surface area (Å²) in [5, 5.41) is 0. The Kier molecular flexibility index (Phi) is 3.79. The molecule has 2 saturated carbocycles. The van der Waals surface area contributed by atoms with Crippen LogP contribution < -0.4 is 0 Å². The fraction of sp³-hybridized carbons (Fsp3) is 0.923. The maximum atomic E-state index is 11.8. The number of rotatable bonds is 2. The molecule has 0 saturated heterocycles. The van der Waals surface area contributed by atoms with Crippen molar-refractivity contribution in [1.29, 1.82) is 0 Å². The zero-order valence-electron chi connectivity index (χ0n) is 9.71. The molecule has 15 heavy (non-hydrogen) atoms. The molecule has 0 radical (unpaired) electrons. The summed E-state index contributed by atoms with van der Waals surface area (Å²) in [5.41, 5.74) is 0. The lowest BCUT2D eigenvalue weighted by molar-refractivity contribution is -0.127. The first-order chi connectivity index (χ1) is 7.31. The second-order valence-electron chi connectivity index (χ2n) is 5.10. The second kappa shape index (κ2) is 5.11. The zero-order chi connectivity index (χ0) is 10.7. The van der Waals surface area contributed by atoms with Crippen molar-refractivity contribution in [2.24, 2.45) is 11.8 Å². The van der Waals surface area contributed by atoms with E-state index in [9.17, 15) is 4.79 Å². The lowest BCUT2D eigenvalue weighted by Crippen LogP contribution is -2.32. The highest BCUT2D eigenvalue weighted by Crippen LogP contribution is 2.37. The SMILES string of the molecule is COC1CCCC(C2CCCCC2=O)C1. The smallest absolute Gasteiger partial charge is 0.136 e. The molecule has 2 aliphatic rings. The maximum absolute atomic E-state index is 11.8. The molecule has 0 amide bonds. The third-order valence-electron chi connectivity index (χ3n) is 4.17. The quantitative estimate of drug-likeness (QED) is 0.700. The van der Waals surface area contributed by atoms with Crippen LogP contribution in [-0.4, -0.2) is 19.0 Å². The van der Waals surface area contributed by atoms with Gasteiger partial charge in [-0.15, -0.1) is 0 Å². The average Bonchev–Trinajstić information content (AvgIpc) is 2.30. The van der Waals surface area contributed by atoms with Gasteiger partial charge in [-0.2, -0.15) is 0 Å². The summed E-state index contributed by atoms with van der Waals surface area (Å²) in [4.78, 5) is 11.8. The van der Waals surface area contributed by atoms with Gasteiger partial charge in [-0.25, -0.2) is 0 Å². The van der Waals surface area contributed by atoms with Crippen LogP contribution in [0.15, 0.2) is 0 Å². The highest BCUT2D eigenvalue weighted by atomic mass is 16.5. The average molecular weight is 210 g/mol. The summed E-state index contributed by atoms with van der Waals surface area (Å²) in [5.74, 6) is 1.52. The number of ketones is 1. The molecule has 0 spiro atoms. The number of carbonyl (C=O) groups excluding carboxylic acids is 1. The second-order valence-corrected chi connectivity index (χ2v) is 5.10. The van der Waals surface area contributed by atoms with Crippen molar-refractivity contribution in [2.75, 3.05) is 7.11 Å². The zero-order valence-corrected chi connectivity index (χ0v) is 9.71. The number of ether oxygens (including phenoxy) is 1. The van der Waals surface area contributed by atoms with Crippen LogP contribution in [0.1, 0.15) is 51.4 Å². The minimum atomic E-state index is 0.372. The molecule has 0 bridgehead atoms. The van der Waals surface area contributed by atoms with Gasteiger partial charge in [0, 0.05) is 19.4 Å². The molecule has 2 nitrogen and oxygen atoms in total. The first-order valence-corrected chi connectivity index (χ1v) is 6.36. The number of Topliss-reactive ketones (excluding diaryl/α,β-unsaturated/α-hetero) is 1. The first-order valence-electron chi connectivity index (χ1n) is 6.36. The van der Waals surface area contributed by atoms with E-state index in [2.05, 4.69) is 0 Å². The Morgan fingerprint density at radius 1 is 1.13 bits per heavy atom. The van der Waals surface area contributed by atoms with Gasteiger partial charge in [0.15, 0.2) is 0 Å². The molecule has 2 rings (SSSR count). The molecule has 0 heterocycles. The summed E-state index contributed by atoms with van der Waals surface area (Å²) >= 11 is 0. The van der Waals surface area contributed by atoms with Crippen LogP contribution in [0.25, 0.3) is 0 Å². The van der Waals surface area contributed by atoms with E-state index in [1.807, 2.05) is 0 Å². The number of carbonyl (C=O) groups is 1. The normalized spacial score (nSPS) is 37.9. The molecule has 0 aromatic carbocycles. The summed E-state index contributed by atoms with van der Waals surface area (Å²) in [6.07, 6.45) is 9.56. The summed E-state index contributed by atoms with van der Waals surface area (Å²) in [7, 11) is 1.80. The Morgan fingerprint density at radius 3 is 2.73 bits per heavy atom. The highest BCUT2D eigenvalue weighted by molar-refractivity contribution is 5.81. The molecular formula is C13H22O2. The lowest BCUT2D eigenvalue weighted by atomic mass is 9.72. The van der Waals surface area contributed by atoms with Gasteiger partial charge in [0.2, 0.25) is 0 Å². The van der Waals surface area contributed by atoms with Crippen molar-refractivity contribution in [3.8, 4) is 0 Å². The van der Waals surface area contributed by atoms with E-state index in [-0.39, 0.29) is 0 Å². The largest absolute Gasteiger partial charge is 0.381 e. The van der Waals surface area contributed by atoms with Gasteiger partial charge in [0.05, 0.1) is 6.10 Å². The van der Waals surface area contributed by atoms with Crippen molar-refractivity contribution < 1.29 is 9.53 Å². The van der Waals surface area contributed by atoms with Crippen LogP contribution in [0, 0.1) is 11.8 Å². The fourth-order valence-corrected chi connectivity index (χ4v) is 3.27. The summed E-state index contributed by atoms with van der Waals surface area (Å²) in [6.45, 7) is 0. The van der Waals surface area contributed by atoms with Gasteiger partial charge in [0.25, 0.3) is 0 Å². The molecule has 0 N–H and O–H groups in total. The predicted octanol–water partition coefficient (Wildman–Crippen LogP) is 2.95. The topological polar surface area (TPSA) is 26.3 Å². The standard InChI is InChI=1S/C13H22O2/c1-15-11-6-4-5-10(9-11)12-7-2-3-8-13(12)14/h10-12H,2-9H2,1H3. The highest BCUT2D eigenvalue weighted by Gasteiger charge is 2.33. The van der Waals surface area contributed by atoms with Gasteiger partial charge >= 0.3 is 0 Å². The molecular weight excluding hydrogens is 188 g/mol. The minimum absolute atomic E-state index is 0.372. The van der Waals surface area contributed by atoms with E-state index >= 15 is 0 Å². The number of hydrogen-bond acceptors (Lipinski definition) is 2. The molecule has 3 unspecified atom stereocenters. The molecule has 0 aliphatic heterocycles. The van der Waals surface area contributed by atoms with E-state index in [1.165, 1.54) is 25.7 Å². The van der Waals surface area contributed by atoms with Crippen molar-refractivity contribution >= 4 is 5.78 Å². The molecule has 2 aliphatic carbocycles. The molecule has 0 aromatic rings. The van der Waals surface area contributed by atoms with Crippen molar-refractivity contribution in [1.82, 2.24) is 0 Å². The van der Waals surface area contributed by atoms with Crippen molar-refractivity contribution in [3.63, 3.8) is 0 Å². The monoisotopic (exact) mass is 210 g/mol. The molecule has 2 fully saturated rings. The van der Waals surface area contributed by atoms with Crippen LogP contribution in [0.5, 0.6) is 0 Å². The van der Waals surface area contributed by atoms with Crippen molar-refractivity contribution in [2.45, 2.75) is 57.5 Å². The minimum Gasteiger partial charge on any atom is -0.381 e. The predicted molar refractivity (Wildman–Crippen MR) is 59.7 cm³/mol. The Bertz CT molecular complexity index is 225. The maximum Gasteiger partial charge on any atom is 0.136 e. The Hall–Kier alpha value is -0.370. The van der Waals surface area contributed by atoms with E-state index in [0.717, 1.165) is 25.7 Å². The van der Waals surface area contributed by atoms with Crippen molar-refractivity contribution in [3.05, 3.63) is 0 Å². The first kappa shape index (κ1) is 11.1. The van der Waals surface area contributed by atoms with Crippen LogP contribution in [0.2, 0.25) is 0 Å². The van der Waals surface area contributed by atoms with Gasteiger partial charge in [-0.1, -0.05) is 12.8 Å². The lowest BCUT2D eigenvalue weighted by Gasteiger charge is -2.35. The van der Waals surface area contributed by atoms with Gasteiger partial charge in [-0.05, 0) is 38.0 Å². The number of methoxy groups -OCH3 is 1. The molecule has 2 heteroatoms. The van der Waals surface area contributed by atoms with Gasteiger partial charge < -0.3 is 4.74 Å². The van der Waals surface area contributed by atoms with Gasteiger partial charge in [-0.3, -0.25) is 4.79 Å². The van der Waals surface area contributed by atoms with E-state index in [1.54, 1.807) is 7.11 Å². The molecule has 3 atom stereocenters. The Labute approximate surface area is 92.4 Å². The number of hydrogen-bond donors (Lipinski definition) is 0. The fourth-order valence-electron chi connectivity index (χ4n) is 3.27. The van der Waals surface area contributed by atoms with Gasteiger partial charge in [0.1, 0.15) is 5.78 Å². The third-order valence-corrected chi connectivity index (χ3v) is 4.17. The van der Waals surface area contributed by atoms with Crippen LogP contribution >= 0.6 is 0 Å². The van der Waals surface area contributed by atoms with E-state index in [0.29, 0.717) is 23.7 Å². The Balaban J connectivity index is 1.93. The van der Waals surface area contributed by atoms with Crippen LogP contribution in [0.3, 0.4) is 0 Å². The van der Waals surface area contributed by atoms with Crippen LogP contribution in [-0.2, 0) is 9.53 Å². The van der Waals surface area contributed by atoms with E-state index < -0.39 is 0 Å². The molecule has 0 aromatic heterocycles. The summed E-state index contributed by atoms with van der Waals surface area (Å²) < 4.78 is 5.44. The van der Waals surface area contributed by atoms with Crippen LogP contribution in [0.4, 0.5) is 0 Å². The summed E-state index contributed by atoms with van der Waals surface area (Å²) in [6, 6.07) is 0. The Morgan fingerprint density at radius 2 is 2.00 bits per heavy atom. The third kappa shape index (κ3) is 2.60.